The molecule has 0 atom stereocenters. The van der Waals surface area contributed by atoms with Crippen LogP contribution in [0.4, 0.5) is 0 Å². The maximum Gasteiger partial charge on any atom is 0.329 e. The molecule has 33 heavy (non-hydrogen) atoms. The number of nitrogens with zero attached hydrogens (tertiary/aromatic N) is 4. The van der Waals surface area contributed by atoms with Crippen molar-refractivity contribution in [1.82, 2.24) is 24.3 Å². The van der Waals surface area contributed by atoms with Crippen molar-refractivity contribution < 1.29 is 4.79 Å². The van der Waals surface area contributed by atoms with Gasteiger partial charge in [0.05, 0.1) is 11.0 Å². The second-order valence-corrected chi connectivity index (χ2v) is 8.72. The monoisotopic (exact) mass is 449 g/mol. The van der Waals surface area contributed by atoms with Crippen LogP contribution in [0.2, 0.25) is 0 Å². The van der Waals surface area contributed by atoms with E-state index in [1.165, 1.54) is 5.56 Å². The highest BCUT2D eigenvalue weighted by Gasteiger charge is 2.15. The largest absolute Gasteiger partial charge is 0.352 e. The van der Waals surface area contributed by atoms with Crippen LogP contribution in [0.15, 0.2) is 53.3 Å². The van der Waals surface area contributed by atoms with Crippen LogP contribution in [0.25, 0.3) is 11.0 Å². The summed E-state index contributed by atoms with van der Waals surface area (Å²) in [5.41, 5.74) is 4.13. The van der Waals surface area contributed by atoms with Gasteiger partial charge in [0, 0.05) is 58.8 Å². The molecule has 0 bridgehead atoms. The van der Waals surface area contributed by atoms with Crippen molar-refractivity contribution in [3.05, 3.63) is 70.1 Å². The number of aromatic nitrogens is 2. The van der Waals surface area contributed by atoms with Gasteiger partial charge in [-0.2, -0.15) is 0 Å². The Kier molecular flexibility index (Phi) is 7.62. The van der Waals surface area contributed by atoms with E-state index in [2.05, 4.69) is 46.3 Å². The van der Waals surface area contributed by atoms with E-state index in [4.69, 9.17) is 0 Å². The number of likely N-dealkylation sites (N-methyl/N-ethyl adjacent to an activating group) is 1. The molecule has 1 saturated heterocycles. The Labute approximate surface area is 195 Å². The Bertz CT molecular complexity index is 1120. The molecule has 176 valence electrons. The molecule has 1 aliphatic rings. The van der Waals surface area contributed by atoms with Crippen molar-refractivity contribution in [1.29, 1.82) is 0 Å². The van der Waals surface area contributed by atoms with Gasteiger partial charge in [0.2, 0.25) is 5.91 Å². The Balaban J connectivity index is 1.26. The number of nitrogens with one attached hydrogen (secondary N) is 1. The third-order valence-corrected chi connectivity index (χ3v) is 6.63. The van der Waals surface area contributed by atoms with Gasteiger partial charge in [0.15, 0.2) is 0 Å². The molecule has 3 aromatic rings. The van der Waals surface area contributed by atoms with Crippen LogP contribution in [-0.4, -0.2) is 57.6 Å². The van der Waals surface area contributed by atoms with E-state index < -0.39 is 0 Å². The van der Waals surface area contributed by atoms with E-state index in [0.717, 1.165) is 55.9 Å². The fraction of sp³-hybridized carbons (Fsp3) is 0.462. The van der Waals surface area contributed by atoms with Crippen LogP contribution in [0, 0.1) is 0 Å². The first-order valence-corrected chi connectivity index (χ1v) is 12.1. The molecular formula is C26H35N5O2. The fourth-order valence-corrected chi connectivity index (χ4v) is 4.58. The molecular weight excluding hydrogens is 414 g/mol. The summed E-state index contributed by atoms with van der Waals surface area (Å²) in [7, 11) is 0. The minimum absolute atomic E-state index is 0.0481. The topological polar surface area (TPSA) is 62.5 Å². The standard InChI is InChI=1S/C26H35N5O2/c1-3-28-15-17-29(18-16-28)20-22-11-9-21(10-12-22)19-27-25(32)13-14-31-24-8-6-5-7-23(24)30(4-2)26(31)33/h5-12H,3-4,13-20H2,1-2H3,(H,27,32). The van der Waals surface area contributed by atoms with Crippen molar-refractivity contribution >= 4 is 16.9 Å². The lowest BCUT2D eigenvalue weighted by Gasteiger charge is -2.34. The number of aryl methyl sites for hydroxylation is 2. The first-order chi connectivity index (χ1) is 16.1. The molecule has 1 aromatic heterocycles. The third-order valence-electron chi connectivity index (χ3n) is 6.63. The number of benzene rings is 2. The highest BCUT2D eigenvalue weighted by atomic mass is 16.2. The van der Waals surface area contributed by atoms with Crippen LogP contribution in [0.1, 0.15) is 31.4 Å². The van der Waals surface area contributed by atoms with Gasteiger partial charge in [-0.3, -0.25) is 18.8 Å². The summed E-state index contributed by atoms with van der Waals surface area (Å²) in [5.74, 6) is -0.0481. The molecule has 0 spiro atoms. The molecule has 0 radical (unpaired) electrons. The van der Waals surface area contributed by atoms with E-state index in [-0.39, 0.29) is 18.0 Å². The summed E-state index contributed by atoms with van der Waals surface area (Å²) in [6.45, 7) is 12.3. The Morgan fingerprint density at radius 2 is 1.42 bits per heavy atom. The number of rotatable bonds is 9. The number of hydrogen-bond donors (Lipinski definition) is 1. The lowest BCUT2D eigenvalue weighted by molar-refractivity contribution is -0.121. The predicted molar refractivity (Wildman–Crippen MR) is 132 cm³/mol. The minimum Gasteiger partial charge on any atom is -0.352 e. The second kappa shape index (κ2) is 10.8. The van der Waals surface area contributed by atoms with E-state index in [9.17, 15) is 9.59 Å². The Morgan fingerprint density at radius 1 is 0.818 bits per heavy atom. The molecule has 1 aliphatic heterocycles. The summed E-state index contributed by atoms with van der Waals surface area (Å²) in [6, 6.07) is 16.3. The summed E-state index contributed by atoms with van der Waals surface area (Å²) in [4.78, 5) is 30.1. The van der Waals surface area contributed by atoms with Crippen LogP contribution in [0.3, 0.4) is 0 Å². The maximum absolute atomic E-state index is 12.7. The van der Waals surface area contributed by atoms with Gasteiger partial charge in [-0.15, -0.1) is 0 Å². The van der Waals surface area contributed by atoms with Crippen LogP contribution in [0.5, 0.6) is 0 Å². The normalized spacial score (nSPS) is 15.2. The molecule has 0 unspecified atom stereocenters. The van der Waals surface area contributed by atoms with Gasteiger partial charge in [0.25, 0.3) is 0 Å². The van der Waals surface area contributed by atoms with Gasteiger partial charge in [-0.05, 0) is 36.7 Å². The van der Waals surface area contributed by atoms with E-state index in [0.29, 0.717) is 19.6 Å². The first-order valence-electron chi connectivity index (χ1n) is 12.1. The Hall–Kier alpha value is -2.90. The number of para-hydroxylation sites is 2. The van der Waals surface area contributed by atoms with Crippen molar-refractivity contribution in [3.63, 3.8) is 0 Å². The zero-order valence-corrected chi connectivity index (χ0v) is 19.8. The van der Waals surface area contributed by atoms with Crippen LogP contribution >= 0.6 is 0 Å². The molecule has 2 aromatic carbocycles. The number of imidazole rings is 1. The second-order valence-electron chi connectivity index (χ2n) is 8.72. The zero-order chi connectivity index (χ0) is 23.2. The van der Waals surface area contributed by atoms with Crippen molar-refractivity contribution in [2.75, 3.05) is 32.7 Å². The molecule has 1 amide bonds. The zero-order valence-electron chi connectivity index (χ0n) is 19.8. The predicted octanol–water partition coefficient (Wildman–Crippen LogP) is 2.67. The third kappa shape index (κ3) is 5.54. The van der Waals surface area contributed by atoms with Gasteiger partial charge in [-0.25, -0.2) is 4.79 Å². The molecule has 0 saturated carbocycles. The molecule has 7 nitrogen and oxygen atoms in total. The van der Waals surface area contributed by atoms with E-state index in [1.807, 2.05) is 31.2 Å². The molecule has 2 heterocycles. The van der Waals surface area contributed by atoms with E-state index >= 15 is 0 Å². The average Bonchev–Trinajstić information content (AvgIpc) is 3.13. The van der Waals surface area contributed by atoms with Crippen LogP contribution in [-0.2, 0) is 31.0 Å². The maximum atomic E-state index is 12.7. The smallest absolute Gasteiger partial charge is 0.329 e. The number of amides is 1. The van der Waals surface area contributed by atoms with Gasteiger partial charge >= 0.3 is 5.69 Å². The van der Waals surface area contributed by atoms with Crippen LogP contribution < -0.4 is 11.0 Å². The lowest BCUT2D eigenvalue weighted by atomic mass is 10.1. The number of piperazine rings is 1. The van der Waals surface area contributed by atoms with Crippen molar-refractivity contribution in [2.24, 2.45) is 0 Å². The molecule has 0 aliphatic carbocycles. The highest BCUT2D eigenvalue weighted by molar-refractivity contribution is 5.78. The minimum atomic E-state index is -0.0572. The van der Waals surface area contributed by atoms with Crippen molar-refractivity contribution in [2.45, 2.75) is 46.4 Å². The molecule has 1 fully saturated rings. The van der Waals surface area contributed by atoms with E-state index in [1.54, 1.807) is 9.13 Å². The summed E-state index contributed by atoms with van der Waals surface area (Å²) < 4.78 is 3.45. The number of carbonyl (C=O) groups is 1. The van der Waals surface area contributed by atoms with Gasteiger partial charge in [-0.1, -0.05) is 43.3 Å². The fourth-order valence-electron chi connectivity index (χ4n) is 4.58. The number of carbonyl (C=O) groups excluding carboxylic acids is 1. The first kappa shape index (κ1) is 23.3. The summed E-state index contributed by atoms with van der Waals surface area (Å²) in [5, 5.41) is 2.99. The molecule has 7 heteroatoms. The summed E-state index contributed by atoms with van der Waals surface area (Å²) in [6.07, 6.45) is 0.277. The molecule has 4 rings (SSSR count). The van der Waals surface area contributed by atoms with Crippen molar-refractivity contribution in [3.8, 4) is 0 Å². The van der Waals surface area contributed by atoms with Gasteiger partial charge in [0.1, 0.15) is 0 Å². The quantitative estimate of drug-likeness (QED) is 0.546. The summed E-state index contributed by atoms with van der Waals surface area (Å²) >= 11 is 0. The van der Waals surface area contributed by atoms with Gasteiger partial charge < -0.3 is 10.2 Å². The average molecular weight is 450 g/mol. The number of fused-ring (bicyclic) bond motifs is 1. The SMILES string of the molecule is CCN1CCN(Cc2ccc(CNC(=O)CCn3c(=O)n(CC)c4ccccc43)cc2)CC1. The lowest BCUT2D eigenvalue weighted by Crippen LogP contribution is -2.45. The molecule has 1 N–H and O–H groups in total. The number of hydrogen-bond acceptors (Lipinski definition) is 4. The Morgan fingerprint density at radius 3 is 2.06 bits per heavy atom. The highest BCUT2D eigenvalue weighted by Crippen LogP contribution is 2.13.